The maximum Gasteiger partial charge on any atom is 0.276 e. The highest BCUT2D eigenvalue weighted by molar-refractivity contribution is 8.01. The summed E-state index contributed by atoms with van der Waals surface area (Å²) >= 11 is 1.61. The Hall–Kier alpha value is -3.79. The maximum absolute atomic E-state index is 12.3. The minimum Gasteiger partial charge on any atom is -0.493 e. The van der Waals surface area contributed by atoms with Crippen molar-refractivity contribution in [3.05, 3.63) is 71.5 Å². The molecule has 2 N–H and O–H groups in total. The van der Waals surface area contributed by atoms with Gasteiger partial charge in [0.25, 0.3) is 5.91 Å². The summed E-state index contributed by atoms with van der Waals surface area (Å²) in [6.07, 6.45) is 8.10. The van der Waals surface area contributed by atoms with Crippen molar-refractivity contribution in [2.45, 2.75) is 62.3 Å². The Morgan fingerprint density at radius 3 is 2.62 bits per heavy atom. The molecular weight excluding hydrogens is 514 g/mol. The number of methoxy groups -OCH3 is 1. The molecule has 204 valence electrons. The van der Waals surface area contributed by atoms with Crippen molar-refractivity contribution in [2.24, 2.45) is 5.10 Å². The lowest BCUT2D eigenvalue weighted by Gasteiger charge is -2.35. The zero-order valence-corrected chi connectivity index (χ0v) is 22.9. The van der Waals surface area contributed by atoms with E-state index in [-0.39, 0.29) is 17.3 Å². The molecule has 1 aliphatic carbocycles. The summed E-state index contributed by atoms with van der Waals surface area (Å²) < 4.78 is 11.9. The van der Waals surface area contributed by atoms with Crippen molar-refractivity contribution in [2.75, 3.05) is 12.4 Å². The van der Waals surface area contributed by atoms with Crippen LogP contribution in [0.1, 0.15) is 60.6 Å². The number of anilines is 1. The van der Waals surface area contributed by atoms with Crippen molar-refractivity contribution in [3.63, 3.8) is 0 Å². The normalized spacial score (nSPS) is 19.4. The number of hydrazone groups is 1. The van der Waals surface area contributed by atoms with Crippen molar-refractivity contribution in [1.29, 1.82) is 0 Å². The topological polar surface area (TPSA) is 109 Å². The van der Waals surface area contributed by atoms with Crippen LogP contribution in [0.5, 0.6) is 11.5 Å². The number of hydrogen-bond acceptors (Lipinski definition) is 8. The van der Waals surface area contributed by atoms with E-state index in [2.05, 4.69) is 22.4 Å². The lowest BCUT2D eigenvalue weighted by atomic mass is 10.0. The van der Waals surface area contributed by atoms with Crippen LogP contribution in [0.2, 0.25) is 0 Å². The third-order valence-electron chi connectivity index (χ3n) is 6.97. The van der Waals surface area contributed by atoms with Crippen molar-refractivity contribution < 1.29 is 19.1 Å². The largest absolute Gasteiger partial charge is 0.493 e. The summed E-state index contributed by atoms with van der Waals surface area (Å²) in [7, 11) is 1.66. The van der Waals surface area contributed by atoms with Crippen LogP contribution in [-0.4, -0.2) is 56.9 Å². The minimum atomic E-state index is -0.398. The van der Waals surface area contributed by atoms with E-state index in [0.717, 1.165) is 48.1 Å². The van der Waals surface area contributed by atoms with E-state index in [0.29, 0.717) is 23.7 Å². The SMILES string of the molecule is CCC1SC(C=O)N(Cc2ccc(NC(=O)c3cc[nH]n3)cc2)N=C1c1ccc(OC)c(OC2CCCC2)c1. The Labute approximate surface area is 232 Å². The summed E-state index contributed by atoms with van der Waals surface area (Å²) in [6.45, 7) is 2.56. The van der Waals surface area contributed by atoms with Crippen LogP contribution in [-0.2, 0) is 11.3 Å². The first-order valence-electron chi connectivity index (χ1n) is 13.3. The fourth-order valence-corrected chi connectivity index (χ4v) is 6.07. The number of hydrogen-bond donors (Lipinski definition) is 2. The fraction of sp³-hybridized carbons (Fsp3) is 0.379. The number of amides is 1. The number of carbonyl (C=O) groups is 2. The molecule has 3 aromatic rings. The molecule has 0 bridgehead atoms. The molecule has 2 aromatic carbocycles. The third kappa shape index (κ3) is 6.27. The molecule has 2 heterocycles. The molecular formula is C29H33N5O4S. The highest BCUT2D eigenvalue weighted by atomic mass is 32.2. The van der Waals surface area contributed by atoms with Crippen LogP contribution >= 0.6 is 11.8 Å². The molecule has 9 nitrogen and oxygen atoms in total. The molecule has 1 amide bonds. The fourth-order valence-electron chi connectivity index (χ4n) is 4.90. The number of nitrogens with one attached hydrogen (secondary N) is 2. The van der Waals surface area contributed by atoms with E-state index >= 15 is 0 Å². The number of thioether (sulfide) groups is 1. The predicted molar refractivity (Wildman–Crippen MR) is 152 cm³/mol. The Morgan fingerprint density at radius 2 is 1.95 bits per heavy atom. The lowest BCUT2D eigenvalue weighted by molar-refractivity contribution is -0.110. The van der Waals surface area contributed by atoms with Gasteiger partial charge in [0.1, 0.15) is 11.1 Å². The van der Waals surface area contributed by atoms with Gasteiger partial charge in [-0.25, -0.2) is 0 Å². The Kier molecular flexibility index (Phi) is 8.51. The molecule has 39 heavy (non-hydrogen) atoms. The van der Waals surface area contributed by atoms with Gasteiger partial charge in [-0.1, -0.05) is 19.1 Å². The van der Waals surface area contributed by atoms with Gasteiger partial charge < -0.3 is 19.6 Å². The standard InChI is InChI=1S/C29H33N5O4S/c1-3-26-28(20-10-13-24(37-2)25(16-20)38-22-6-4-5-7-22)33-34(27(18-35)39-26)17-19-8-11-21(12-9-19)31-29(36)23-14-15-30-32-23/h8-16,18,22,26-27H,3-7,17H2,1-2H3,(H,30,32)(H,31,36). The van der Waals surface area contributed by atoms with E-state index in [4.69, 9.17) is 14.6 Å². The average Bonchev–Trinajstić information content (AvgIpc) is 3.69. The molecule has 0 saturated heterocycles. The molecule has 2 atom stereocenters. The van der Waals surface area contributed by atoms with Crippen LogP contribution < -0.4 is 14.8 Å². The predicted octanol–water partition coefficient (Wildman–Crippen LogP) is 5.25. The van der Waals surface area contributed by atoms with Gasteiger partial charge in [-0.15, -0.1) is 11.8 Å². The van der Waals surface area contributed by atoms with Gasteiger partial charge in [0.2, 0.25) is 0 Å². The van der Waals surface area contributed by atoms with Crippen molar-refractivity contribution >= 4 is 35.4 Å². The van der Waals surface area contributed by atoms with Gasteiger partial charge in [0, 0.05) is 17.4 Å². The molecule has 1 aliphatic heterocycles. The van der Waals surface area contributed by atoms with Gasteiger partial charge >= 0.3 is 0 Å². The lowest BCUT2D eigenvalue weighted by Crippen LogP contribution is -2.39. The summed E-state index contributed by atoms with van der Waals surface area (Å²) in [6, 6.07) is 15.1. The van der Waals surface area contributed by atoms with Crippen molar-refractivity contribution in [3.8, 4) is 11.5 Å². The highest BCUT2D eigenvalue weighted by Gasteiger charge is 2.32. The van der Waals surface area contributed by atoms with Crippen LogP contribution in [0.4, 0.5) is 5.69 Å². The van der Waals surface area contributed by atoms with Gasteiger partial charge in [-0.3, -0.25) is 14.9 Å². The summed E-state index contributed by atoms with van der Waals surface area (Å²) in [5.74, 6) is 1.17. The van der Waals surface area contributed by atoms with Crippen LogP contribution in [0.15, 0.2) is 59.8 Å². The third-order valence-corrected chi connectivity index (χ3v) is 8.49. The first-order valence-corrected chi connectivity index (χ1v) is 14.2. The number of nitrogens with zero attached hydrogens (tertiary/aromatic N) is 3. The van der Waals surface area contributed by atoms with Crippen LogP contribution in [0.3, 0.4) is 0 Å². The molecule has 0 radical (unpaired) electrons. The summed E-state index contributed by atoms with van der Waals surface area (Å²) in [5, 5.41) is 15.9. The molecule has 1 aromatic heterocycles. The Balaban J connectivity index is 1.36. The minimum absolute atomic E-state index is 0.0730. The molecule has 5 rings (SSSR count). The summed E-state index contributed by atoms with van der Waals surface area (Å²) in [4.78, 5) is 24.3. The molecule has 10 heteroatoms. The van der Waals surface area contributed by atoms with Crippen molar-refractivity contribution in [1.82, 2.24) is 15.2 Å². The first-order chi connectivity index (χ1) is 19.1. The summed E-state index contributed by atoms with van der Waals surface area (Å²) in [5.41, 5.74) is 3.84. The molecule has 1 fully saturated rings. The number of aldehydes is 1. The monoisotopic (exact) mass is 547 g/mol. The second-order valence-corrected chi connectivity index (χ2v) is 11.0. The quantitative estimate of drug-likeness (QED) is 0.334. The second-order valence-electron chi connectivity index (χ2n) is 9.64. The maximum atomic E-state index is 12.3. The molecule has 2 unspecified atom stereocenters. The molecule has 0 spiro atoms. The van der Waals surface area contributed by atoms with E-state index in [9.17, 15) is 9.59 Å². The van der Waals surface area contributed by atoms with E-state index in [1.54, 1.807) is 31.1 Å². The van der Waals surface area contributed by atoms with E-state index in [1.165, 1.54) is 12.8 Å². The Bertz CT molecular complexity index is 1310. The Morgan fingerprint density at radius 1 is 1.15 bits per heavy atom. The first kappa shape index (κ1) is 26.8. The van der Waals surface area contributed by atoms with Gasteiger partial charge in [-0.05, 0) is 74.1 Å². The average molecular weight is 548 g/mol. The van der Waals surface area contributed by atoms with Crippen LogP contribution in [0, 0.1) is 0 Å². The highest BCUT2D eigenvalue weighted by Crippen LogP contribution is 2.37. The van der Waals surface area contributed by atoms with E-state index < -0.39 is 5.37 Å². The number of benzene rings is 2. The second kappa shape index (κ2) is 12.4. The zero-order chi connectivity index (χ0) is 27.2. The number of rotatable bonds is 10. The number of aromatic nitrogens is 2. The smallest absolute Gasteiger partial charge is 0.276 e. The number of ether oxygens (including phenoxy) is 2. The van der Waals surface area contributed by atoms with E-state index in [1.807, 2.05) is 47.5 Å². The number of carbonyl (C=O) groups excluding carboxylic acids is 2. The van der Waals surface area contributed by atoms with Gasteiger partial charge in [0.05, 0.1) is 30.7 Å². The molecule has 2 aliphatic rings. The zero-order valence-electron chi connectivity index (χ0n) is 22.1. The van der Waals surface area contributed by atoms with Gasteiger partial charge in [0.15, 0.2) is 17.8 Å². The number of aromatic amines is 1. The molecule has 1 saturated carbocycles. The number of H-pyrrole nitrogens is 1. The van der Waals surface area contributed by atoms with Gasteiger partial charge in [-0.2, -0.15) is 10.2 Å². The van der Waals surface area contributed by atoms with Crippen LogP contribution in [0.25, 0.3) is 0 Å².